The van der Waals surface area contributed by atoms with Crippen molar-refractivity contribution in [2.45, 2.75) is 39.5 Å². The molecular weight excluding hydrogens is 348 g/mol. The molecule has 0 radical (unpaired) electrons. The van der Waals surface area contributed by atoms with E-state index in [4.69, 9.17) is 9.47 Å². The zero-order valence-electron chi connectivity index (χ0n) is 16.5. The van der Waals surface area contributed by atoms with E-state index in [1.165, 1.54) is 11.1 Å². The predicted octanol–water partition coefficient (Wildman–Crippen LogP) is 6.60. The summed E-state index contributed by atoms with van der Waals surface area (Å²) in [6.45, 7) is 4.30. The third-order valence-corrected chi connectivity index (χ3v) is 4.46. The van der Waals surface area contributed by atoms with Crippen molar-refractivity contribution in [1.82, 2.24) is 0 Å². The molecule has 0 aliphatic heterocycles. The molecule has 0 aromatic heterocycles. The maximum absolute atomic E-state index is 12.3. The number of hydrogen-bond donors (Lipinski definition) is 0. The van der Waals surface area contributed by atoms with Gasteiger partial charge < -0.3 is 9.47 Å². The highest BCUT2D eigenvalue weighted by atomic mass is 16.5. The summed E-state index contributed by atoms with van der Waals surface area (Å²) in [5.41, 5.74) is 3.08. The van der Waals surface area contributed by atoms with Crippen LogP contribution in [0, 0.1) is 0 Å². The van der Waals surface area contributed by atoms with Gasteiger partial charge >= 0.3 is 5.97 Å². The van der Waals surface area contributed by atoms with Crippen LogP contribution in [-0.2, 0) is 12.8 Å². The van der Waals surface area contributed by atoms with Gasteiger partial charge in [0, 0.05) is 0 Å². The van der Waals surface area contributed by atoms with Crippen molar-refractivity contribution < 1.29 is 14.3 Å². The van der Waals surface area contributed by atoms with Crippen LogP contribution in [0.2, 0.25) is 0 Å². The van der Waals surface area contributed by atoms with Crippen LogP contribution in [0.3, 0.4) is 0 Å². The number of carbonyl (C=O) groups is 1. The van der Waals surface area contributed by atoms with Crippen molar-refractivity contribution in [1.29, 1.82) is 0 Å². The second-order valence-corrected chi connectivity index (χ2v) is 6.80. The van der Waals surface area contributed by atoms with E-state index in [1.807, 2.05) is 36.4 Å². The molecule has 0 heterocycles. The van der Waals surface area contributed by atoms with E-state index in [2.05, 4.69) is 26.0 Å². The Bertz CT molecular complexity index is 879. The molecule has 0 saturated carbocycles. The smallest absolute Gasteiger partial charge is 0.343 e. The van der Waals surface area contributed by atoms with E-state index >= 15 is 0 Å². The van der Waals surface area contributed by atoms with Gasteiger partial charge in [-0.1, -0.05) is 51.0 Å². The summed E-state index contributed by atoms with van der Waals surface area (Å²) in [6, 6.07) is 22.8. The van der Waals surface area contributed by atoms with Gasteiger partial charge in [-0.3, -0.25) is 0 Å². The molecule has 28 heavy (non-hydrogen) atoms. The molecular formula is C25H26O3. The summed E-state index contributed by atoms with van der Waals surface area (Å²) in [5, 5.41) is 0. The van der Waals surface area contributed by atoms with Crippen molar-refractivity contribution in [3.8, 4) is 17.2 Å². The lowest BCUT2D eigenvalue weighted by Crippen LogP contribution is -2.08. The molecule has 3 nitrogen and oxygen atoms in total. The summed E-state index contributed by atoms with van der Waals surface area (Å²) in [6.07, 6.45) is 4.30. The van der Waals surface area contributed by atoms with E-state index in [1.54, 1.807) is 24.3 Å². The Morgan fingerprint density at radius 1 is 0.643 bits per heavy atom. The minimum absolute atomic E-state index is 0.358. The first-order valence-electron chi connectivity index (χ1n) is 9.86. The average molecular weight is 374 g/mol. The quantitative estimate of drug-likeness (QED) is 0.329. The zero-order valence-corrected chi connectivity index (χ0v) is 16.5. The fourth-order valence-electron chi connectivity index (χ4n) is 2.99. The van der Waals surface area contributed by atoms with Crippen molar-refractivity contribution in [2.75, 3.05) is 0 Å². The summed E-state index contributed by atoms with van der Waals surface area (Å²) in [7, 11) is 0. The normalized spacial score (nSPS) is 10.5. The number of rotatable bonds is 8. The average Bonchev–Trinajstić information content (AvgIpc) is 2.72. The number of carbonyl (C=O) groups excluding carboxylic acids is 1. The highest BCUT2D eigenvalue weighted by Gasteiger charge is 2.09. The minimum atomic E-state index is -0.358. The van der Waals surface area contributed by atoms with Crippen LogP contribution in [0.15, 0.2) is 72.8 Å². The predicted molar refractivity (Wildman–Crippen MR) is 112 cm³/mol. The lowest BCUT2D eigenvalue weighted by Gasteiger charge is -2.08. The summed E-state index contributed by atoms with van der Waals surface area (Å²) in [4.78, 5) is 12.3. The van der Waals surface area contributed by atoms with Crippen molar-refractivity contribution in [2.24, 2.45) is 0 Å². The molecule has 0 spiro atoms. The molecule has 3 aromatic rings. The molecule has 3 rings (SSSR count). The number of esters is 1. The Hall–Kier alpha value is -3.07. The molecule has 0 atom stereocenters. The van der Waals surface area contributed by atoms with Gasteiger partial charge in [-0.2, -0.15) is 0 Å². The van der Waals surface area contributed by atoms with Gasteiger partial charge in [0.1, 0.15) is 17.2 Å². The van der Waals surface area contributed by atoms with Crippen LogP contribution >= 0.6 is 0 Å². The van der Waals surface area contributed by atoms with Gasteiger partial charge in [-0.15, -0.1) is 0 Å². The van der Waals surface area contributed by atoms with Gasteiger partial charge in [0.25, 0.3) is 0 Å². The third-order valence-electron chi connectivity index (χ3n) is 4.46. The highest BCUT2D eigenvalue weighted by Crippen LogP contribution is 2.25. The lowest BCUT2D eigenvalue weighted by molar-refractivity contribution is 0.0734. The first kappa shape index (κ1) is 19.7. The standard InChI is InChI=1S/C25H26O3/c1-3-5-19-7-11-21(12-8-19)25(26)28-24-17-15-23(16-18-24)27-22-13-9-20(6-4-2)10-14-22/h7-18H,3-6H2,1-2H3. The van der Waals surface area contributed by atoms with Gasteiger partial charge in [-0.25, -0.2) is 4.79 Å². The second kappa shape index (κ2) is 9.75. The maximum Gasteiger partial charge on any atom is 0.343 e. The van der Waals surface area contributed by atoms with Gasteiger partial charge in [-0.05, 0) is 72.5 Å². The molecule has 0 saturated heterocycles. The fraction of sp³-hybridized carbons (Fsp3) is 0.240. The number of hydrogen-bond acceptors (Lipinski definition) is 3. The SMILES string of the molecule is CCCc1ccc(Oc2ccc(OC(=O)c3ccc(CCC)cc3)cc2)cc1. The van der Waals surface area contributed by atoms with Crippen molar-refractivity contribution >= 4 is 5.97 Å². The van der Waals surface area contributed by atoms with E-state index in [0.29, 0.717) is 17.1 Å². The molecule has 0 fully saturated rings. The van der Waals surface area contributed by atoms with Gasteiger partial charge in [0.15, 0.2) is 0 Å². The van der Waals surface area contributed by atoms with Crippen molar-refractivity contribution in [3.63, 3.8) is 0 Å². The van der Waals surface area contributed by atoms with Crippen LogP contribution in [0.4, 0.5) is 0 Å². The molecule has 0 bridgehead atoms. The minimum Gasteiger partial charge on any atom is -0.457 e. The van der Waals surface area contributed by atoms with Crippen LogP contribution in [0.25, 0.3) is 0 Å². The second-order valence-electron chi connectivity index (χ2n) is 6.80. The van der Waals surface area contributed by atoms with Crippen LogP contribution in [-0.4, -0.2) is 5.97 Å². The Balaban J connectivity index is 1.58. The van der Waals surface area contributed by atoms with Crippen LogP contribution in [0.5, 0.6) is 17.2 Å². The van der Waals surface area contributed by atoms with Gasteiger partial charge in [0.2, 0.25) is 0 Å². The molecule has 0 unspecified atom stereocenters. The third kappa shape index (κ3) is 5.46. The van der Waals surface area contributed by atoms with E-state index in [9.17, 15) is 4.79 Å². The van der Waals surface area contributed by atoms with E-state index in [-0.39, 0.29) is 5.97 Å². The number of benzene rings is 3. The fourth-order valence-corrected chi connectivity index (χ4v) is 2.99. The van der Waals surface area contributed by atoms with E-state index < -0.39 is 0 Å². The zero-order chi connectivity index (χ0) is 19.8. The summed E-state index contributed by atoms with van der Waals surface area (Å²) < 4.78 is 11.3. The number of aryl methyl sites for hydroxylation is 2. The molecule has 3 heteroatoms. The number of ether oxygens (including phenoxy) is 2. The molecule has 0 aliphatic rings. The Morgan fingerprint density at radius 2 is 1.07 bits per heavy atom. The monoisotopic (exact) mass is 374 g/mol. The molecule has 144 valence electrons. The highest BCUT2D eigenvalue weighted by molar-refractivity contribution is 5.91. The topological polar surface area (TPSA) is 35.5 Å². The summed E-state index contributed by atoms with van der Waals surface area (Å²) >= 11 is 0. The maximum atomic E-state index is 12.3. The molecule has 0 N–H and O–H groups in total. The molecule has 0 aliphatic carbocycles. The largest absolute Gasteiger partial charge is 0.457 e. The van der Waals surface area contributed by atoms with Crippen LogP contribution < -0.4 is 9.47 Å². The van der Waals surface area contributed by atoms with Crippen LogP contribution in [0.1, 0.15) is 48.2 Å². The Kier molecular flexibility index (Phi) is 6.85. The lowest BCUT2D eigenvalue weighted by atomic mass is 10.1. The first-order chi connectivity index (χ1) is 13.7. The molecule has 0 amide bonds. The van der Waals surface area contributed by atoms with E-state index in [0.717, 1.165) is 31.4 Å². The van der Waals surface area contributed by atoms with Crippen molar-refractivity contribution in [3.05, 3.63) is 89.5 Å². The summed E-state index contributed by atoms with van der Waals surface area (Å²) in [5.74, 6) is 1.63. The van der Waals surface area contributed by atoms with Gasteiger partial charge in [0.05, 0.1) is 5.56 Å². The first-order valence-corrected chi connectivity index (χ1v) is 9.86. The molecule has 3 aromatic carbocycles. The Labute approximate surface area is 166 Å². The Morgan fingerprint density at radius 3 is 1.57 bits per heavy atom.